The van der Waals surface area contributed by atoms with Gasteiger partial charge in [-0.3, -0.25) is 4.79 Å². The fraction of sp³-hybridized carbons (Fsp3) is 0.722. The number of fused-ring (bicyclic) bond motifs is 2. The van der Waals surface area contributed by atoms with Crippen molar-refractivity contribution in [2.24, 2.45) is 17.6 Å². The highest BCUT2D eigenvalue weighted by Crippen LogP contribution is 2.39. The molecule has 23 heavy (non-hydrogen) atoms. The second-order valence-electron chi connectivity index (χ2n) is 7.55. The van der Waals surface area contributed by atoms with E-state index in [4.69, 9.17) is 5.73 Å². The van der Waals surface area contributed by atoms with Gasteiger partial charge in [-0.2, -0.15) is 0 Å². The Bertz CT molecular complexity index is 572. The topological polar surface area (TPSA) is 80.9 Å². The zero-order valence-electron chi connectivity index (χ0n) is 14.4. The van der Waals surface area contributed by atoms with Gasteiger partial charge in [0.1, 0.15) is 5.82 Å². The number of nitrogens with zero attached hydrogens (tertiary/aromatic N) is 2. The smallest absolute Gasteiger partial charge is 0.254 e. The lowest BCUT2D eigenvalue weighted by atomic mass is 9.67. The molecule has 2 aliphatic carbocycles. The summed E-state index contributed by atoms with van der Waals surface area (Å²) in [6.45, 7) is 5.99. The first-order chi connectivity index (χ1) is 11.0. The third-order valence-corrected chi connectivity index (χ3v) is 5.40. The van der Waals surface area contributed by atoms with Crippen molar-refractivity contribution < 1.29 is 4.79 Å². The number of hydrogen-bond acceptors (Lipinski definition) is 4. The first-order valence-corrected chi connectivity index (χ1v) is 8.85. The fourth-order valence-corrected chi connectivity index (χ4v) is 4.36. The Morgan fingerprint density at radius 1 is 1.30 bits per heavy atom. The highest BCUT2D eigenvalue weighted by molar-refractivity contribution is 5.95. The van der Waals surface area contributed by atoms with Crippen LogP contribution in [0.1, 0.15) is 73.7 Å². The van der Waals surface area contributed by atoms with Crippen molar-refractivity contribution in [1.29, 1.82) is 0 Å². The monoisotopic (exact) mass is 316 g/mol. The van der Waals surface area contributed by atoms with Gasteiger partial charge in [-0.25, -0.2) is 9.97 Å². The Kier molecular flexibility index (Phi) is 4.67. The number of nitrogens with two attached hydrogens (primary N) is 1. The highest BCUT2D eigenvalue weighted by Gasteiger charge is 2.40. The second kappa shape index (κ2) is 6.56. The lowest BCUT2D eigenvalue weighted by molar-refractivity contribution is 0.0754. The van der Waals surface area contributed by atoms with Gasteiger partial charge >= 0.3 is 0 Å². The summed E-state index contributed by atoms with van der Waals surface area (Å²) in [6, 6.07) is 0.560. The van der Waals surface area contributed by atoms with Crippen molar-refractivity contribution in [1.82, 2.24) is 15.3 Å². The third-order valence-electron chi connectivity index (χ3n) is 5.40. The molecule has 0 spiro atoms. The molecule has 2 saturated carbocycles. The van der Waals surface area contributed by atoms with Crippen LogP contribution in [-0.4, -0.2) is 28.0 Å². The van der Waals surface area contributed by atoms with E-state index < -0.39 is 0 Å². The van der Waals surface area contributed by atoms with Crippen LogP contribution < -0.4 is 11.1 Å². The van der Waals surface area contributed by atoms with Crippen LogP contribution in [0.3, 0.4) is 0 Å². The van der Waals surface area contributed by atoms with Gasteiger partial charge in [-0.1, -0.05) is 20.3 Å². The van der Waals surface area contributed by atoms with E-state index >= 15 is 0 Å². The zero-order chi connectivity index (χ0) is 16.6. The minimum atomic E-state index is -0.0222. The molecule has 3 N–H and O–H groups in total. The van der Waals surface area contributed by atoms with Gasteiger partial charge in [0.15, 0.2) is 0 Å². The van der Waals surface area contributed by atoms with Crippen LogP contribution in [-0.2, 0) is 0 Å². The van der Waals surface area contributed by atoms with E-state index in [1.165, 1.54) is 19.3 Å². The normalized spacial score (nSPS) is 30.3. The number of hydrogen-bond donors (Lipinski definition) is 2. The Balaban J connectivity index is 1.79. The third kappa shape index (κ3) is 3.39. The Labute approximate surface area is 138 Å². The molecule has 3 rings (SSSR count). The number of amides is 1. The first-order valence-electron chi connectivity index (χ1n) is 8.85. The molecule has 0 aromatic carbocycles. The predicted octanol–water partition coefficient (Wildman–Crippen LogP) is 2.54. The number of carbonyl (C=O) groups is 1. The Morgan fingerprint density at radius 2 is 1.96 bits per heavy atom. The maximum atomic E-state index is 12.8. The van der Waals surface area contributed by atoms with Crippen molar-refractivity contribution in [2.45, 2.75) is 70.9 Å². The van der Waals surface area contributed by atoms with Crippen molar-refractivity contribution in [3.05, 3.63) is 23.3 Å². The summed E-state index contributed by atoms with van der Waals surface area (Å²) >= 11 is 0. The molecule has 0 radical (unpaired) electrons. The number of aryl methyl sites for hydroxylation is 1. The van der Waals surface area contributed by atoms with Crippen LogP contribution in [0.2, 0.25) is 0 Å². The van der Waals surface area contributed by atoms with E-state index in [9.17, 15) is 4.79 Å². The largest absolute Gasteiger partial charge is 0.349 e. The van der Waals surface area contributed by atoms with Crippen LogP contribution in [0.15, 0.2) is 6.20 Å². The van der Waals surface area contributed by atoms with E-state index in [1.54, 1.807) is 6.20 Å². The van der Waals surface area contributed by atoms with Gasteiger partial charge in [-0.15, -0.1) is 0 Å². The summed E-state index contributed by atoms with van der Waals surface area (Å²) < 4.78 is 0. The van der Waals surface area contributed by atoms with Gasteiger partial charge < -0.3 is 11.1 Å². The molecule has 2 unspecified atom stereocenters. The molecule has 5 nitrogen and oxygen atoms in total. The molecule has 2 bridgehead atoms. The molecular formula is C18H28N4O. The maximum Gasteiger partial charge on any atom is 0.254 e. The van der Waals surface area contributed by atoms with Crippen LogP contribution in [0, 0.1) is 18.8 Å². The van der Waals surface area contributed by atoms with Crippen molar-refractivity contribution >= 4 is 5.91 Å². The lowest BCUT2D eigenvalue weighted by Crippen LogP contribution is -2.53. The zero-order valence-corrected chi connectivity index (χ0v) is 14.4. The summed E-state index contributed by atoms with van der Waals surface area (Å²) in [6.07, 6.45) is 7.36. The number of aromatic nitrogens is 2. The lowest BCUT2D eigenvalue weighted by Gasteiger charge is -2.45. The molecule has 2 fully saturated rings. The van der Waals surface area contributed by atoms with E-state index in [-0.39, 0.29) is 17.9 Å². The number of rotatable bonds is 3. The molecular weight excluding hydrogens is 288 g/mol. The molecule has 1 aromatic heterocycles. The van der Waals surface area contributed by atoms with Crippen LogP contribution in [0.4, 0.5) is 0 Å². The van der Waals surface area contributed by atoms with Crippen molar-refractivity contribution in [2.75, 3.05) is 0 Å². The summed E-state index contributed by atoms with van der Waals surface area (Å²) in [5.74, 6) is 1.94. The average Bonchev–Trinajstić information content (AvgIpc) is 2.47. The van der Waals surface area contributed by atoms with Gasteiger partial charge in [-0.05, 0) is 50.4 Å². The molecule has 5 heteroatoms. The minimum absolute atomic E-state index is 0.0222. The highest BCUT2D eigenvalue weighted by atomic mass is 16.1. The van der Waals surface area contributed by atoms with E-state index in [0.717, 1.165) is 18.5 Å². The summed E-state index contributed by atoms with van der Waals surface area (Å²) in [7, 11) is 0. The molecule has 0 saturated heterocycles. The van der Waals surface area contributed by atoms with Crippen LogP contribution >= 0.6 is 0 Å². The van der Waals surface area contributed by atoms with Crippen molar-refractivity contribution in [3.8, 4) is 0 Å². The van der Waals surface area contributed by atoms with Gasteiger partial charge in [0.25, 0.3) is 5.91 Å². The number of nitrogens with one attached hydrogen (secondary N) is 1. The Morgan fingerprint density at radius 3 is 2.57 bits per heavy atom. The van der Waals surface area contributed by atoms with Gasteiger partial charge in [0.2, 0.25) is 0 Å². The summed E-state index contributed by atoms with van der Waals surface area (Å²) in [4.78, 5) is 21.5. The van der Waals surface area contributed by atoms with Gasteiger partial charge in [0.05, 0.1) is 11.3 Å². The molecule has 2 atom stereocenters. The molecule has 0 aliphatic heterocycles. The van der Waals surface area contributed by atoms with Gasteiger partial charge in [0, 0.05) is 18.3 Å². The standard InChI is InChI=1S/C18H28N4O/c1-10(2)16-15(9-20-11(3)21-16)18(23)22-17-12-5-4-6-13(17)8-14(19)7-12/h9-10,12-14,17H,4-8,19H2,1-3H3,(H,22,23). The Hall–Kier alpha value is -1.49. The quantitative estimate of drug-likeness (QED) is 0.898. The summed E-state index contributed by atoms with van der Waals surface area (Å²) in [5, 5.41) is 3.30. The van der Waals surface area contributed by atoms with Crippen LogP contribution in [0.25, 0.3) is 0 Å². The first kappa shape index (κ1) is 16.4. The molecule has 126 valence electrons. The minimum Gasteiger partial charge on any atom is -0.349 e. The molecule has 2 aliphatic rings. The predicted molar refractivity (Wildman–Crippen MR) is 90.2 cm³/mol. The number of carbonyl (C=O) groups excluding carboxylic acids is 1. The molecule has 1 aromatic rings. The molecule has 1 amide bonds. The van der Waals surface area contributed by atoms with Crippen molar-refractivity contribution in [3.63, 3.8) is 0 Å². The molecule has 1 heterocycles. The van der Waals surface area contributed by atoms with E-state index in [0.29, 0.717) is 29.3 Å². The van der Waals surface area contributed by atoms with Crippen LogP contribution in [0.5, 0.6) is 0 Å². The average molecular weight is 316 g/mol. The summed E-state index contributed by atoms with van der Waals surface area (Å²) in [5.41, 5.74) is 7.64. The fourth-order valence-electron chi connectivity index (χ4n) is 4.36. The second-order valence-corrected chi connectivity index (χ2v) is 7.55. The maximum absolute atomic E-state index is 12.8. The van der Waals surface area contributed by atoms with E-state index in [2.05, 4.69) is 29.1 Å². The SMILES string of the molecule is Cc1ncc(C(=O)NC2C3CCCC2CC(N)C3)c(C(C)C)n1. The van der Waals surface area contributed by atoms with E-state index in [1.807, 2.05) is 6.92 Å².